The summed E-state index contributed by atoms with van der Waals surface area (Å²) in [5.74, 6) is 0. The number of nitrogens with zero attached hydrogens (tertiary/aromatic N) is 1. The average molecular weight is 241 g/mol. The van der Waals surface area contributed by atoms with Gasteiger partial charge < -0.3 is 0 Å². The zero-order chi connectivity index (χ0) is 5.98. The van der Waals surface area contributed by atoms with Gasteiger partial charge in [0.25, 0.3) is 0 Å². The molecule has 0 N–H and O–H groups in total. The normalized spacial score (nSPS) is 20.9. The molecule has 46 valence electrons. The van der Waals surface area contributed by atoms with E-state index in [2.05, 4.69) is 48.9 Å². The quantitative estimate of drug-likeness (QED) is 0.385. The zero-order valence-corrected chi connectivity index (χ0v) is 7.52. The summed E-state index contributed by atoms with van der Waals surface area (Å²) >= 11 is 6.81. The number of hydrogen-bond acceptors (Lipinski definition) is 1. The van der Waals surface area contributed by atoms with Crippen molar-refractivity contribution in [3.05, 3.63) is 12.2 Å². The van der Waals surface area contributed by atoms with Gasteiger partial charge in [0.1, 0.15) is 3.86 Å². The van der Waals surface area contributed by atoms with Crippen molar-refractivity contribution in [2.45, 2.75) is 3.86 Å². The topological polar surface area (TPSA) is 3.24 Å². The first-order valence-electron chi connectivity index (χ1n) is 2.48. The molecule has 0 radical (unpaired) electrons. The van der Waals surface area contributed by atoms with Crippen LogP contribution in [0.15, 0.2) is 12.2 Å². The van der Waals surface area contributed by atoms with Crippen molar-refractivity contribution in [3.8, 4) is 0 Å². The fraction of sp³-hybridized carbons (Fsp3) is 0.600. The smallest absolute Gasteiger partial charge is 0.122 e. The van der Waals surface area contributed by atoms with E-state index in [9.17, 15) is 0 Å². The molecule has 0 atom stereocenters. The second-order valence-electron chi connectivity index (χ2n) is 1.70. The summed E-state index contributed by atoms with van der Waals surface area (Å²) in [6.07, 6.45) is 4.32. The molecule has 0 unspecified atom stereocenters. The van der Waals surface area contributed by atoms with E-state index in [1.165, 1.54) is 0 Å². The minimum atomic E-state index is 0.338. The van der Waals surface area contributed by atoms with Gasteiger partial charge in [0.15, 0.2) is 0 Å². The molecule has 8 heavy (non-hydrogen) atoms. The minimum Gasteiger partial charge on any atom is -0.275 e. The molecule has 0 saturated heterocycles. The highest BCUT2D eigenvalue weighted by Crippen LogP contribution is 2.16. The van der Waals surface area contributed by atoms with E-state index in [0.717, 1.165) is 13.1 Å². The summed E-state index contributed by atoms with van der Waals surface area (Å²) in [5.41, 5.74) is 0. The second kappa shape index (κ2) is 2.99. The van der Waals surface area contributed by atoms with Crippen LogP contribution in [0.4, 0.5) is 0 Å². The molecular weight excluding hydrogens is 234 g/mol. The summed E-state index contributed by atoms with van der Waals surface area (Å²) in [6.45, 7) is 2.11. The highest BCUT2D eigenvalue weighted by molar-refractivity contribution is 9.24. The van der Waals surface area contributed by atoms with E-state index in [0.29, 0.717) is 3.86 Å². The van der Waals surface area contributed by atoms with E-state index >= 15 is 0 Å². The predicted octanol–water partition coefficient (Wildman–Crippen LogP) is 1.93. The van der Waals surface area contributed by atoms with E-state index in [1.54, 1.807) is 0 Å². The van der Waals surface area contributed by atoms with Gasteiger partial charge in [0, 0.05) is 13.1 Å². The Morgan fingerprint density at radius 1 is 1.25 bits per heavy atom. The van der Waals surface area contributed by atoms with Gasteiger partial charge in [-0.3, -0.25) is 4.90 Å². The Morgan fingerprint density at radius 2 is 1.75 bits per heavy atom. The molecule has 0 fully saturated rings. The van der Waals surface area contributed by atoms with Crippen molar-refractivity contribution in [3.63, 3.8) is 0 Å². The molecule has 0 aromatic carbocycles. The fourth-order valence-electron chi connectivity index (χ4n) is 0.654. The van der Waals surface area contributed by atoms with Gasteiger partial charge >= 0.3 is 0 Å². The van der Waals surface area contributed by atoms with Gasteiger partial charge in [-0.15, -0.1) is 0 Å². The van der Waals surface area contributed by atoms with Crippen LogP contribution in [0.2, 0.25) is 0 Å². The van der Waals surface area contributed by atoms with Crippen molar-refractivity contribution in [2.24, 2.45) is 0 Å². The third-order valence-corrected chi connectivity index (χ3v) is 2.28. The molecule has 0 bridgehead atoms. The lowest BCUT2D eigenvalue weighted by molar-refractivity contribution is 0.404. The molecule has 1 aliphatic rings. The first kappa shape index (κ1) is 6.78. The third-order valence-electron chi connectivity index (χ3n) is 1.12. The van der Waals surface area contributed by atoms with Crippen LogP contribution < -0.4 is 0 Å². The van der Waals surface area contributed by atoms with Crippen molar-refractivity contribution in [2.75, 3.05) is 13.1 Å². The zero-order valence-electron chi connectivity index (χ0n) is 4.35. The minimum absolute atomic E-state index is 0.338. The lowest BCUT2D eigenvalue weighted by Crippen LogP contribution is -2.23. The maximum Gasteiger partial charge on any atom is 0.122 e. The largest absolute Gasteiger partial charge is 0.275 e. The molecular formula is C5H7Br2N. The van der Waals surface area contributed by atoms with E-state index in [1.807, 2.05) is 0 Å². The summed E-state index contributed by atoms with van der Waals surface area (Å²) in [5, 5.41) is 0. The SMILES string of the molecule is BrC(Br)N1CC=CC1. The molecule has 1 heterocycles. The van der Waals surface area contributed by atoms with Crippen LogP contribution in [0.3, 0.4) is 0 Å². The maximum absolute atomic E-state index is 3.40. The van der Waals surface area contributed by atoms with Gasteiger partial charge in [-0.25, -0.2) is 0 Å². The molecule has 0 amide bonds. The van der Waals surface area contributed by atoms with Crippen LogP contribution in [-0.4, -0.2) is 21.8 Å². The molecule has 0 saturated carbocycles. The van der Waals surface area contributed by atoms with Gasteiger partial charge in [0.2, 0.25) is 0 Å². The van der Waals surface area contributed by atoms with Gasteiger partial charge in [-0.2, -0.15) is 0 Å². The monoisotopic (exact) mass is 239 g/mol. The Balaban J connectivity index is 2.29. The van der Waals surface area contributed by atoms with Crippen LogP contribution >= 0.6 is 31.9 Å². The molecule has 0 spiro atoms. The van der Waals surface area contributed by atoms with Crippen molar-refractivity contribution < 1.29 is 0 Å². The lowest BCUT2D eigenvalue weighted by atomic mass is 10.6. The number of hydrogen-bond donors (Lipinski definition) is 0. The average Bonchev–Trinajstić information content (AvgIpc) is 2.12. The maximum atomic E-state index is 3.40. The molecule has 0 aliphatic carbocycles. The molecule has 1 nitrogen and oxygen atoms in total. The standard InChI is InChI=1S/C5H7Br2N/c6-5(7)8-3-1-2-4-8/h1-2,5H,3-4H2. The second-order valence-corrected chi connectivity index (χ2v) is 4.67. The van der Waals surface area contributed by atoms with Crippen LogP contribution in [0.25, 0.3) is 0 Å². The Hall–Kier alpha value is 0.660. The van der Waals surface area contributed by atoms with Crippen LogP contribution in [0, 0.1) is 0 Å². The Labute approximate surface area is 66.0 Å². The highest BCUT2D eigenvalue weighted by atomic mass is 79.9. The van der Waals surface area contributed by atoms with Crippen LogP contribution in [0.1, 0.15) is 0 Å². The lowest BCUT2D eigenvalue weighted by Gasteiger charge is -2.15. The molecule has 3 heteroatoms. The molecule has 1 rings (SSSR count). The van der Waals surface area contributed by atoms with E-state index in [4.69, 9.17) is 0 Å². The Bertz CT molecular complexity index is 92.6. The summed E-state index contributed by atoms with van der Waals surface area (Å²) in [7, 11) is 0. The van der Waals surface area contributed by atoms with Crippen LogP contribution in [-0.2, 0) is 0 Å². The molecule has 0 aromatic rings. The summed E-state index contributed by atoms with van der Waals surface area (Å²) < 4.78 is 0.338. The molecule has 0 aromatic heterocycles. The third kappa shape index (κ3) is 1.57. The number of rotatable bonds is 1. The van der Waals surface area contributed by atoms with Gasteiger partial charge in [-0.05, 0) is 0 Å². The number of alkyl halides is 2. The Kier molecular flexibility index (Phi) is 2.53. The van der Waals surface area contributed by atoms with Gasteiger partial charge in [-0.1, -0.05) is 44.0 Å². The Morgan fingerprint density at radius 3 is 2.00 bits per heavy atom. The van der Waals surface area contributed by atoms with E-state index in [-0.39, 0.29) is 0 Å². The van der Waals surface area contributed by atoms with E-state index < -0.39 is 0 Å². The van der Waals surface area contributed by atoms with Gasteiger partial charge in [0.05, 0.1) is 0 Å². The summed E-state index contributed by atoms with van der Waals surface area (Å²) in [4.78, 5) is 2.25. The number of halogens is 2. The first-order valence-corrected chi connectivity index (χ1v) is 4.31. The fourth-order valence-corrected chi connectivity index (χ4v) is 1.32. The summed E-state index contributed by atoms with van der Waals surface area (Å²) in [6, 6.07) is 0. The first-order chi connectivity index (χ1) is 3.80. The van der Waals surface area contributed by atoms with Crippen LogP contribution in [0.5, 0.6) is 0 Å². The molecule has 1 aliphatic heterocycles. The highest BCUT2D eigenvalue weighted by Gasteiger charge is 2.11. The van der Waals surface area contributed by atoms with Crippen molar-refractivity contribution >= 4 is 31.9 Å². The van der Waals surface area contributed by atoms with Crippen molar-refractivity contribution in [1.82, 2.24) is 4.90 Å². The predicted molar refractivity (Wildman–Crippen MR) is 42.4 cm³/mol. The van der Waals surface area contributed by atoms with Crippen molar-refractivity contribution in [1.29, 1.82) is 0 Å².